The molecule has 1 saturated heterocycles. The van der Waals surface area contributed by atoms with E-state index in [1.807, 2.05) is 50.5 Å². The molecule has 3 aromatic rings. The molecule has 0 radical (unpaired) electrons. The van der Waals surface area contributed by atoms with E-state index in [0.717, 1.165) is 53.0 Å². The first-order chi connectivity index (χ1) is 26.9. The second-order valence-electron chi connectivity index (χ2n) is 17.7. The van der Waals surface area contributed by atoms with Gasteiger partial charge in [0, 0.05) is 22.9 Å². The summed E-state index contributed by atoms with van der Waals surface area (Å²) in [6, 6.07) is 4.48. The summed E-state index contributed by atoms with van der Waals surface area (Å²) >= 11 is 1.70. The average Bonchev–Trinajstić information content (AvgIpc) is 3.42. The van der Waals surface area contributed by atoms with Crippen LogP contribution in [-0.2, 0) is 30.8 Å². The summed E-state index contributed by atoms with van der Waals surface area (Å²) in [4.78, 5) is 55.1. The molecule has 13 nitrogen and oxygen atoms in total. The number of benzene rings is 1. The van der Waals surface area contributed by atoms with E-state index in [9.17, 15) is 22.8 Å². The highest BCUT2D eigenvalue weighted by Gasteiger charge is 2.61. The van der Waals surface area contributed by atoms with Crippen LogP contribution in [0.1, 0.15) is 129 Å². The van der Waals surface area contributed by atoms with Crippen LogP contribution in [0.25, 0.3) is 21.6 Å². The zero-order valence-electron chi connectivity index (χ0n) is 34.8. The lowest BCUT2D eigenvalue weighted by atomic mass is 9.86. The van der Waals surface area contributed by atoms with Crippen molar-refractivity contribution >= 4 is 50.1 Å². The molecular formula is C42H61N7O6S2. The van der Waals surface area contributed by atoms with E-state index in [4.69, 9.17) is 20.4 Å². The van der Waals surface area contributed by atoms with E-state index >= 15 is 0 Å². The van der Waals surface area contributed by atoms with Gasteiger partial charge < -0.3 is 20.7 Å². The van der Waals surface area contributed by atoms with E-state index in [1.54, 1.807) is 11.3 Å². The van der Waals surface area contributed by atoms with Crippen molar-refractivity contribution in [2.45, 2.75) is 149 Å². The molecule has 2 aliphatic heterocycles. The van der Waals surface area contributed by atoms with E-state index in [2.05, 4.69) is 49.9 Å². The maximum Gasteiger partial charge on any atom is 0.297 e. The predicted octanol–water partition coefficient (Wildman–Crippen LogP) is 6.38. The molecule has 1 aliphatic carbocycles. The van der Waals surface area contributed by atoms with Crippen LogP contribution in [0.3, 0.4) is 0 Å². The summed E-state index contributed by atoms with van der Waals surface area (Å²) in [5, 5.41) is 3.82. The van der Waals surface area contributed by atoms with Crippen LogP contribution in [0.15, 0.2) is 30.4 Å². The summed E-state index contributed by atoms with van der Waals surface area (Å²) in [5.41, 5.74) is 8.16. The molecule has 4 N–H and O–H groups in total. The van der Waals surface area contributed by atoms with Gasteiger partial charge in [-0.15, -0.1) is 11.3 Å². The highest BCUT2D eigenvalue weighted by atomic mass is 32.2. The van der Waals surface area contributed by atoms with E-state index in [1.165, 1.54) is 9.78 Å². The van der Waals surface area contributed by atoms with Crippen LogP contribution in [0.2, 0.25) is 0 Å². The number of aryl methyl sites for hydroxylation is 1. The van der Waals surface area contributed by atoms with Crippen LogP contribution in [0, 0.1) is 11.3 Å². The number of aromatic nitrogens is 3. The number of rotatable bonds is 4. The molecule has 1 spiro atoms. The summed E-state index contributed by atoms with van der Waals surface area (Å²) in [5.74, 6) is -1.90. The molecule has 6 rings (SSSR count). The fourth-order valence-corrected chi connectivity index (χ4v) is 10.5. The second kappa shape index (κ2) is 16.8. The Morgan fingerprint density at radius 1 is 1.09 bits per heavy atom. The molecule has 312 valence electrons. The van der Waals surface area contributed by atoms with Crippen LogP contribution >= 0.6 is 11.3 Å². The van der Waals surface area contributed by atoms with Crippen molar-refractivity contribution in [2.75, 3.05) is 12.3 Å². The normalized spacial score (nSPS) is 26.1. The molecule has 3 aliphatic rings. The monoisotopic (exact) mass is 823 g/mol. The number of fused-ring (bicyclic) bond motifs is 6. The summed E-state index contributed by atoms with van der Waals surface area (Å²) < 4.78 is 37.3. The van der Waals surface area contributed by atoms with E-state index < -0.39 is 56.9 Å². The number of nitrogens with one attached hydrogen (secondary N) is 2. The number of hydrogen-bond donors (Lipinski definition) is 3. The number of thiazole rings is 1. The van der Waals surface area contributed by atoms with Gasteiger partial charge in [0.15, 0.2) is 0 Å². The average molecular weight is 824 g/mol. The van der Waals surface area contributed by atoms with Gasteiger partial charge in [0.1, 0.15) is 28.2 Å². The lowest BCUT2D eigenvalue weighted by Crippen LogP contribution is -2.58. The van der Waals surface area contributed by atoms with Crippen LogP contribution in [-0.4, -0.2) is 81.6 Å². The number of nitrogens with two attached hydrogens (primary N) is 1. The lowest BCUT2D eigenvalue weighted by Gasteiger charge is -2.33. The number of carbonyl (C=O) groups is 3. The van der Waals surface area contributed by atoms with Gasteiger partial charge in [0.2, 0.25) is 21.8 Å². The number of allylic oxidation sites excluding steroid dienone is 2. The van der Waals surface area contributed by atoms with Crippen LogP contribution in [0.5, 0.6) is 6.01 Å². The number of likely N-dealkylation sites (tertiary alicyclic amines) is 1. The first kappa shape index (κ1) is 42.8. The summed E-state index contributed by atoms with van der Waals surface area (Å²) in [6.07, 6.45) is 9.17. The highest BCUT2D eigenvalue weighted by molar-refractivity contribution is 7.90. The number of ether oxygens (including phenoxy) is 1. The minimum absolute atomic E-state index is 0.0378. The first-order valence-corrected chi connectivity index (χ1v) is 23.1. The fraction of sp³-hybridized carbons (Fsp3) is 0.643. The number of para-hydroxylation sites is 1. The third kappa shape index (κ3) is 9.10. The predicted molar refractivity (Wildman–Crippen MR) is 224 cm³/mol. The maximum absolute atomic E-state index is 14.4. The van der Waals surface area contributed by atoms with Gasteiger partial charge in [0.05, 0.1) is 29.6 Å². The van der Waals surface area contributed by atoms with Crippen molar-refractivity contribution in [2.24, 2.45) is 17.1 Å². The Morgan fingerprint density at radius 2 is 1.82 bits per heavy atom. The smallest absolute Gasteiger partial charge is 0.297 e. The maximum atomic E-state index is 14.4. The van der Waals surface area contributed by atoms with Crippen molar-refractivity contribution in [1.29, 1.82) is 0 Å². The van der Waals surface area contributed by atoms with Gasteiger partial charge in [-0.05, 0) is 81.8 Å². The van der Waals surface area contributed by atoms with Gasteiger partial charge in [-0.2, -0.15) is 4.98 Å². The largest absolute Gasteiger partial charge is 0.459 e. The Hall–Kier alpha value is -3.82. The number of nitrogens with zero attached hydrogens (tertiary/aromatic N) is 4. The van der Waals surface area contributed by atoms with Crippen molar-refractivity contribution in [3.8, 4) is 16.6 Å². The Bertz CT molecular complexity index is 2120. The van der Waals surface area contributed by atoms with Crippen molar-refractivity contribution in [1.82, 2.24) is 29.5 Å². The molecule has 2 aromatic heterocycles. The topological polar surface area (TPSA) is 179 Å². The van der Waals surface area contributed by atoms with Gasteiger partial charge in [-0.25, -0.2) is 13.4 Å². The van der Waals surface area contributed by atoms with Gasteiger partial charge >= 0.3 is 0 Å². The number of amides is 3. The summed E-state index contributed by atoms with van der Waals surface area (Å²) in [6.45, 7) is 16.0. The van der Waals surface area contributed by atoms with Crippen molar-refractivity contribution in [3.63, 3.8) is 0 Å². The minimum atomic E-state index is -3.95. The van der Waals surface area contributed by atoms with E-state index in [0.29, 0.717) is 31.7 Å². The molecule has 0 unspecified atom stereocenters. The first-order valence-electron chi connectivity index (χ1n) is 20.6. The van der Waals surface area contributed by atoms with Gasteiger partial charge in [0.25, 0.3) is 11.9 Å². The molecule has 1 saturated carbocycles. The third-order valence-corrected chi connectivity index (χ3v) is 14.1. The molecule has 3 amide bonds. The Balaban J connectivity index is 1.40. The Kier molecular flexibility index (Phi) is 12.6. The fourth-order valence-electron chi connectivity index (χ4n) is 8.11. The zero-order valence-corrected chi connectivity index (χ0v) is 36.4. The van der Waals surface area contributed by atoms with Crippen molar-refractivity contribution < 1.29 is 27.5 Å². The van der Waals surface area contributed by atoms with Crippen LogP contribution in [0.4, 0.5) is 0 Å². The molecule has 15 heteroatoms. The zero-order chi connectivity index (χ0) is 41.4. The number of imidazole rings is 1. The van der Waals surface area contributed by atoms with Gasteiger partial charge in [-0.3, -0.25) is 23.7 Å². The molecule has 2 fully saturated rings. The highest BCUT2D eigenvalue weighted by Crippen LogP contribution is 2.47. The number of hydrogen-bond acceptors (Lipinski definition) is 10. The van der Waals surface area contributed by atoms with Crippen LogP contribution < -0.4 is 20.5 Å². The molecule has 5 atom stereocenters. The quantitative estimate of drug-likeness (QED) is 0.252. The second-order valence-corrected chi connectivity index (χ2v) is 20.6. The molecule has 4 heterocycles. The van der Waals surface area contributed by atoms with Crippen molar-refractivity contribution in [3.05, 3.63) is 40.9 Å². The Labute approximate surface area is 341 Å². The van der Waals surface area contributed by atoms with E-state index in [-0.39, 0.29) is 36.6 Å². The molecule has 6 bridgehead atoms. The third-order valence-electron chi connectivity index (χ3n) is 11.6. The SMILES string of the molecule is CC[C@@H]1C[C@@]12NC(=O)[C@@H]1C[C@H](CN1C(=O)[C@@H](N)C(C)(C)C)Oc1nc3c(cccc3n1C(C)C)-c1nc(C(C)C)c(s1)CC/C=C/CCCCCS(=O)(=O)NC2=O. The number of sulfonamides is 1. The standard InChI is InChI=1S/C42H61N7O6S2/c1-9-27-23-42(27)39(52)47-57(53,54)21-16-14-12-10-11-13-15-20-32-33(25(2)3)44-37(56-32)29-18-17-19-30-34(29)45-40(49(30)26(4)5)55-28-22-31(36(50)46-42)48(24-28)38(51)35(43)41(6,7)8/h11,13,17-19,25-28,31,35H,9-10,12,14-16,20-24,43H2,1-8H3,(H,46,50)(H,47,52)/b13-11+/t27-,28-,31+,35-,42-/m1/s1. The summed E-state index contributed by atoms with van der Waals surface area (Å²) in [7, 11) is -3.95. The van der Waals surface area contributed by atoms with Gasteiger partial charge in [-0.1, -0.05) is 72.6 Å². The molecule has 57 heavy (non-hydrogen) atoms. The molecular weight excluding hydrogens is 763 g/mol. The Morgan fingerprint density at radius 3 is 2.49 bits per heavy atom. The minimum Gasteiger partial charge on any atom is -0.459 e. The number of carbonyl (C=O) groups excluding carboxylic acids is 3. The lowest BCUT2D eigenvalue weighted by molar-refractivity contribution is -0.142. The molecule has 1 aromatic carbocycles.